The van der Waals surface area contributed by atoms with E-state index in [4.69, 9.17) is 16.3 Å². The molecule has 0 fully saturated rings. The minimum absolute atomic E-state index is 0.0949. The minimum Gasteiger partial charge on any atom is -0.492 e. The number of hydrogen-bond acceptors (Lipinski definition) is 5. The van der Waals surface area contributed by atoms with E-state index >= 15 is 0 Å². The zero-order valence-corrected chi connectivity index (χ0v) is 15.5. The monoisotopic (exact) mass is 388 g/mol. The molecule has 0 aliphatic heterocycles. The van der Waals surface area contributed by atoms with Crippen LogP contribution in [0.1, 0.15) is 6.92 Å². The zero-order chi connectivity index (χ0) is 17.7. The molecule has 0 saturated carbocycles. The molecule has 0 radical (unpaired) electrons. The molecule has 1 aromatic carbocycles. The summed E-state index contributed by atoms with van der Waals surface area (Å²) in [7, 11) is -2.41. The summed E-state index contributed by atoms with van der Waals surface area (Å²) in [6, 6.07) is 9.89. The van der Waals surface area contributed by atoms with Gasteiger partial charge in [0.05, 0.1) is 23.2 Å². The van der Waals surface area contributed by atoms with Gasteiger partial charge in [0.2, 0.25) is 5.91 Å². The maximum Gasteiger partial charge on any atom is 0.252 e. The first kappa shape index (κ1) is 18.7. The molecule has 0 atom stereocenters. The molecular weight excluding hydrogens is 372 g/mol. The summed E-state index contributed by atoms with van der Waals surface area (Å²) < 4.78 is 31.6. The summed E-state index contributed by atoms with van der Waals surface area (Å²) in [6.07, 6.45) is 0. The highest BCUT2D eigenvalue weighted by atomic mass is 35.5. The van der Waals surface area contributed by atoms with E-state index in [9.17, 15) is 13.2 Å². The second kappa shape index (κ2) is 7.98. The summed E-state index contributed by atoms with van der Waals surface area (Å²) >= 11 is 6.72. The highest BCUT2D eigenvalue weighted by molar-refractivity contribution is 7.91. The van der Waals surface area contributed by atoms with E-state index in [-0.39, 0.29) is 10.8 Å². The quantitative estimate of drug-likeness (QED) is 0.790. The van der Waals surface area contributed by atoms with Crippen molar-refractivity contribution in [2.75, 3.05) is 25.5 Å². The number of ether oxygens (including phenoxy) is 1. The van der Waals surface area contributed by atoms with Gasteiger partial charge < -0.3 is 10.1 Å². The standard InChI is InChI=1S/C15H17ClN2O4S2/c1-3-22-12-7-5-4-6-11(12)17-14(19)10-18(2)24(20,21)15-9-8-13(16)23-15/h4-9H,3,10H2,1-2H3,(H,17,19). The van der Waals surface area contributed by atoms with Gasteiger partial charge in [-0.05, 0) is 31.2 Å². The molecular formula is C15H17ClN2O4S2. The van der Waals surface area contributed by atoms with Crippen LogP contribution in [0.5, 0.6) is 5.75 Å². The zero-order valence-electron chi connectivity index (χ0n) is 13.2. The van der Waals surface area contributed by atoms with Crippen molar-refractivity contribution >= 4 is 44.6 Å². The lowest BCUT2D eigenvalue weighted by molar-refractivity contribution is -0.116. The third-order valence-corrected chi connectivity index (χ3v) is 6.54. The lowest BCUT2D eigenvalue weighted by atomic mass is 10.3. The molecule has 0 aliphatic rings. The summed E-state index contributed by atoms with van der Waals surface area (Å²) in [4.78, 5) is 12.2. The fourth-order valence-corrected chi connectivity index (χ4v) is 4.74. The van der Waals surface area contributed by atoms with Crippen LogP contribution in [-0.2, 0) is 14.8 Å². The second-order valence-electron chi connectivity index (χ2n) is 4.80. The van der Waals surface area contributed by atoms with Gasteiger partial charge in [-0.2, -0.15) is 4.31 Å². The Kier molecular flexibility index (Phi) is 6.22. The van der Waals surface area contributed by atoms with Crippen molar-refractivity contribution in [3.8, 4) is 5.75 Å². The molecule has 1 amide bonds. The topological polar surface area (TPSA) is 75.7 Å². The number of para-hydroxylation sites is 2. The summed E-state index contributed by atoms with van der Waals surface area (Å²) in [5, 5.41) is 2.66. The van der Waals surface area contributed by atoms with Crippen molar-refractivity contribution in [2.24, 2.45) is 0 Å². The first-order valence-corrected chi connectivity index (χ1v) is 9.71. The van der Waals surface area contributed by atoms with E-state index in [1.54, 1.807) is 24.3 Å². The van der Waals surface area contributed by atoms with Crippen molar-refractivity contribution in [3.63, 3.8) is 0 Å². The summed E-state index contributed by atoms with van der Waals surface area (Å²) in [6.45, 7) is 1.98. The molecule has 0 saturated heterocycles. The third-order valence-electron chi connectivity index (χ3n) is 3.04. The Morgan fingerprint density at radius 2 is 2.00 bits per heavy atom. The number of nitrogens with zero attached hydrogens (tertiary/aromatic N) is 1. The van der Waals surface area contributed by atoms with Gasteiger partial charge in [0.15, 0.2) is 0 Å². The van der Waals surface area contributed by atoms with E-state index in [2.05, 4.69) is 5.32 Å². The van der Waals surface area contributed by atoms with Crippen LogP contribution < -0.4 is 10.1 Å². The molecule has 24 heavy (non-hydrogen) atoms. The fraction of sp³-hybridized carbons (Fsp3) is 0.267. The van der Waals surface area contributed by atoms with Gasteiger partial charge in [-0.1, -0.05) is 23.7 Å². The number of anilines is 1. The molecule has 0 unspecified atom stereocenters. The smallest absolute Gasteiger partial charge is 0.252 e. The van der Waals surface area contributed by atoms with E-state index < -0.39 is 15.9 Å². The number of carbonyl (C=O) groups is 1. The Hall–Kier alpha value is -1.61. The Balaban J connectivity index is 2.07. The van der Waals surface area contributed by atoms with Crippen molar-refractivity contribution in [1.29, 1.82) is 0 Å². The number of nitrogens with one attached hydrogen (secondary N) is 1. The molecule has 0 spiro atoms. The van der Waals surface area contributed by atoms with Crippen LogP contribution >= 0.6 is 22.9 Å². The lowest BCUT2D eigenvalue weighted by Gasteiger charge is -2.16. The molecule has 9 heteroatoms. The van der Waals surface area contributed by atoms with Gasteiger partial charge in [0.25, 0.3) is 10.0 Å². The molecule has 0 aliphatic carbocycles. The predicted molar refractivity (Wildman–Crippen MR) is 95.4 cm³/mol. The third kappa shape index (κ3) is 4.47. The van der Waals surface area contributed by atoms with E-state index in [1.807, 2.05) is 6.92 Å². The molecule has 2 rings (SSSR count). The van der Waals surface area contributed by atoms with Gasteiger partial charge in [-0.25, -0.2) is 8.42 Å². The molecule has 0 bridgehead atoms. The number of rotatable bonds is 7. The van der Waals surface area contributed by atoms with Crippen molar-refractivity contribution in [2.45, 2.75) is 11.1 Å². The second-order valence-corrected chi connectivity index (χ2v) is 8.78. The molecule has 1 heterocycles. The van der Waals surface area contributed by atoms with E-state index in [1.165, 1.54) is 19.2 Å². The Labute approximate surface area is 150 Å². The molecule has 1 N–H and O–H groups in total. The Morgan fingerprint density at radius 1 is 1.29 bits per heavy atom. The fourth-order valence-electron chi connectivity index (χ4n) is 1.92. The van der Waals surface area contributed by atoms with Gasteiger partial charge in [-0.15, -0.1) is 11.3 Å². The van der Waals surface area contributed by atoms with E-state index in [0.717, 1.165) is 15.6 Å². The minimum atomic E-state index is -3.75. The average Bonchev–Trinajstić information content (AvgIpc) is 2.96. The van der Waals surface area contributed by atoms with Crippen LogP contribution in [0.3, 0.4) is 0 Å². The van der Waals surface area contributed by atoms with E-state index in [0.29, 0.717) is 22.4 Å². The number of likely N-dealkylation sites (N-methyl/N-ethyl adjacent to an activating group) is 1. The van der Waals surface area contributed by atoms with Gasteiger partial charge >= 0.3 is 0 Å². The summed E-state index contributed by atoms with van der Waals surface area (Å²) in [5.74, 6) is 0.0692. The van der Waals surface area contributed by atoms with Gasteiger partial charge in [-0.3, -0.25) is 4.79 Å². The van der Waals surface area contributed by atoms with Gasteiger partial charge in [0.1, 0.15) is 9.96 Å². The number of halogens is 1. The SMILES string of the molecule is CCOc1ccccc1NC(=O)CN(C)S(=O)(=O)c1ccc(Cl)s1. The largest absolute Gasteiger partial charge is 0.492 e. The number of amides is 1. The maximum atomic E-state index is 12.4. The normalized spacial score (nSPS) is 11.5. The van der Waals surface area contributed by atoms with Crippen LogP contribution in [0.15, 0.2) is 40.6 Å². The lowest BCUT2D eigenvalue weighted by Crippen LogP contribution is -2.34. The van der Waals surface area contributed by atoms with Crippen LogP contribution in [0, 0.1) is 0 Å². The number of sulfonamides is 1. The van der Waals surface area contributed by atoms with Crippen LogP contribution in [-0.4, -0.2) is 38.8 Å². The number of thiophene rings is 1. The molecule has 6 nitrogen and oxygen atoms in total. The number of hydrogen-bond donors (Lipinski definition) is 1. The van der Waals surface area contributed by atoms with Crippen molar-refractivity contribution in [3.05, 3.63) is 40.7 Å². The highest BCUT2D eigenvalue weighted by Gasteiger charge is 2.25. The predicted octanol–water partition coefficient (Wildman–Crippen LogP) is 3.06. The first-order chi connectivity index (χ1) is 11.3. The van der Waals surface area contributed by atoms with Crippen LogP contribution in [0.4, 0.5) is 5.69 Å². The average molecular weight is 389 g/mol. The highest BCUT2D eigenvalue weighted by Crippen LogP contribution is 2.28. The van der Waals surface area contributed by atoms with Crippen molar-refractivity contribution < 1.29 is 17.9 Å². The van der Waals surface area contributed by atoms with Crippen LogP contribution in [0.25, 0.3) is 0 Å². The number of benzene rings is 1. The van der Waals surface area contributed by atoms with Crippen LogP contribution in [0.2, 0.25) is 4.34 Å². The number of carbonyl (C=O) groups excluding carboxylic acids is 1. The Bertz CT molecular complexity index is 820. The van der Waals surface area contributed by atoms with Gasteiger partial charge in [0, 0.05) is 7.05 Å². The molecule has 1 aromatic heterocycles. The maximum absolute atomic E-state index is 12.4. The first-order valence-electron chi connectivity index (χ1n) is 7.08. The molecule has 130 valence electrons. The Morgan fingerprint density at radius 3 is 2.62 bits per heavy atom. The summed E-state index contributed by atoms with van der Waals surface area (Å²) in [5.41, 5.74) is 0.495. The van der Waals surface area contributed by atoms with Crippen molar-refractivity contribution in [1.82, 2.24) is 4.31 Å². The molecule has 2 aromatic rings.